The Balaban J connectivity index is 1.83. The number of carbonyl (C=O) groups excluding carboxylic acids is 2. The molecule has 162 valence electrons. The van der Waals surface area contributed by atoms with Crippen LogP contribution in [0.25, 0.3) is 11.3 Å². The Morgan fingerprint density at radius 2 is 2.00 bits per heavy atom. The summed E-state index contributed by atoms with van der Waals surface area (Å²) in [6, 6.07) is 9.23. The molecule has 0 fully saturated rings. The number of carbonyl (C=O) groups is 2. The standard InChI is InChI=1S/C23H30ClN3O3/c1-4-5-6-18-14-26(15-19(28)11-12-23(2,3)30)22(29)21-13-20(25-27(18)21)16-7-9-17(24)10-8-16/h7-10,13,18,30H,4-6,11-12,14-15H2,1-3H3. The highest BCUT2D eigenvalue weighted by Crippen LogP contribution is 2.29. The van der Waals surface area contributed by atoms with Crippen LogP contribution >= 0.6 is 11.6 Å². The number of Topliss-reactive ketones (excluding diaryl/α,β-unsaturated/α-hetero) is 1. The van der Waals surface area contributed by atoms with Crippen LogP contribution in [0.15, 0.2) is 30.3 Å². The van der Waals surface area contributed by atoms with Crippen molar-refractivity contribution in [3.63, 3.8) is 0 Å². The Bertz CT molecular complexity index is 899. The fraction of sp³-hybridized carbons (Fsp3) is 0.522. The van der Waals surface area contributed by atoms with E-state index in [9.17, 15) is 14.7 Å². The molecule has 1 unspecified atom stereocenters. The summed E-state index contributed by atoms with van der Waals surface area (Å²) in [5.41, 5.74) is 1.25. The molecule has 2 aromatic rings. The van der Waals surface area contributed by atoms with E-state index >= 15 is 0 Å². The fourth-order valence-corrected chi connectivity index (χ4v) is 3.82. The maximum absolute atomic E-state index is 13.1. The van der Waals surface area contributed by atoms with Crippen LogP contribution in [-0.4, -0.2) is 50.2 Å². The van der Waals surface area contributed by atoms with E-state index in [2.05, 4.69) is 6.92 Å². The van der Waals surface area contributed by atoms with E-state index in [1.807, 2.05) is 16.8 Å². The van der Waals surface area contributed by atoms with Gasteiger partial charge in [0.05, 0.1) is 23.9 Å². The van der Waals surface area contributed by atoms with Crippen LogP contribution < -0.4 is 0 Å². The minimum absolute atomic E-state index is 0.0365. The quantitative estimate of drug-likeness (QED) is 0.633. The molecule has 3 rings (SSSR count). The number of halogens is 1. The summed E-state index contributed by atoms with van der Waals surface area (Å²) in [5, 5.41) is 15.2. The number of nitrogens with zero attached hydrogens (tertiary/aromatic N) is 3. The van der Waals surface area contributed by atoms with E-state index in [0.29, 0.717) is 23.7 Å². The van der Waals surface area contributed by atoms with Crippen molar-refractivity contribution in [1.29, 1.82) is 0 Å². The van der Waals surface area contributed by atoms with Gasteiger partial charge in [0.2, 0.25) is 0 Å². The number of aliphatic hydroxyl groups is 1. The summed E-state index contributed by atoms with van der Waals surface area (Å²) >= 11 is 5.99. The van der Waals surface area contributed by atoms with Gasteiger partial charge in [0.15, 0.2) is 5.78 Å². The van der Waals surface area contributed by atoms with Crippen LogP contribution in [-0.2, 0) is 4.79 Å². The number of unbranched alkanes of at least 4 members (excludes halogenated alkanes) is 1. The van der Waals surface area contributed by atoms with Crippen molar-refractivity contribution >= 4 is 23.3 Å². The Morgan fingerprint density at radius 1 is 1.30 bits per heavy atom. The number of amides is 1. The molecule has 0 spiro atoms. The summed E-state index contributed by atoms with van der Waals surface area (Å²) < 4.78 is 1.83. The monoisotopic (exact) mass is 431 g/mol. The lowest BCUT2D eigenvalue weighted by atomic mass is 10.0. The van der Waals surface area contributed by atoms with E-state index < -0.39 is 5.60 Å². The molecule has 1 aromatic heterocycles. The van der Waals surface area contributed by atoms with Crippen LogP contribution in [0.5, 0.6) is 0 Å². The zero-order valence-corrected chi connectivity index (χ0v) is 18.7. The lowest BCUT2D eigenvalue weighted by Gasteiger charge is -2.33. The molecule has 0 saturated carbocycles. The predicted octanol–water partition coefficient (Wildman–Crippen LogP) is 4.51. The highest BCUT2D eigenvalue weighted by molar-refractivity contribution is 6.30. The van der Waals surface area contributed by atoms with Crippen LogP contribution in [0, 0.1) is 0 Å². The SMILES string of the molecule is CCCCC1CN(CC(=O)CCC(C)(C)O)C(=O)c2cc(-c3ccc(Cl)cc3)nn21. The van der Waals surface area contributed by atoms with Crippen molar-refractivity contribution in [2.24, 2.45) is 0 Å². The van der Waals surface area contributed by atoms with Crippen LogP contribution in [0.2, 0.25) is 5.02 Å². The summed E-state index contributed by atoms with van der Waals surface area (Å²) in [4.78, 5) is 27.2. The van der Waals surface area contributed by atoms with Crippen molar-refractivity contribution in [2.45, 2.75) is 64.5 Å². The maximum atomic E-state index is 13.1. The number of fused-ring (bicyclic) bond motifs is 1. The molecule has 1 amide bonds. The zero-order chi connectivity index (χ0) is 21.9. The molecule has 1 aromatic carbocycles. The molecule has 7 heteroatoms. The number of hydrogen-bond donors (Lipinski definition) is 1. The normalized spacial score (nSPS) is 16.6. The van der Waals surface area contributed by atoms with Crippen LogP contribution in [0.1, 0.15) is 69.4 Å². The fourth-order valence-electron chi connectivity index (χ4n) is 3.70. The topological polar surface area (TPSA) is 75.4 Å². The van der Waals surface area contributed by atoms with E-state index in [4.69, 9.17) is 16.7 Å². The van der Waals surface area contributed by atoms with Gasteiger partial charge in [-0.05, 0) is 44.9 Å². The predicted molar refractivity (Wildman–Crippen MR) is 118 cm³/mol. The van der Waals surface area contributed by atoms with Gasteiger partial charge in [0.1, 0.15) is 5.69 Å². The summed E-state index contributed by atoms with van der Waals surface area (Å²) in [6.45, 7) is 6.05. The van der Waals surface area contributed by atoms with Crippen molar-refractivity contribution in [2.75, 3.05) is 13.1 Å². The van der Waals surface area contributed by atoms with Gasteiger partial charge in [-0.3, -0.25) is 14.3 Å². The van der Waals surface area contributed by atoms with Crippen molar-refractivity contribution in [3.05, 3.63) is 41.0 Å². The number of ketones is 1. The van der Waals surface area contributed by atoms with E-state index in [1.54, 1.807) is 36.9 Å². The van der Waals surface area contributed by atoms with E-state index in [-0.39, 0.29) is 30.7 Å². The van der Waals surface area contributed by atoms with Gasteiger partial charge in [-0.1, -0.05) is 43.5 Å². The number of benzene rings is 1. The molecule has 0 radical (unpaired) electrons. The first-order chi connectivity index (χ1) is 14.2. The molecule has 0 aliphatic carbocycles. The van der Waals surface area contributed by atoms with Crippen molar-refractivity contribution < 1.29 is 14.7 Å². The summed E-state index contributed by atoms with van der Waals surface area (Å²) in [5.74, 6) is -0.210. The third-order valence-corrected chi connectivity index (χ3v) is 5.68. The molecule has 6 nitrogen and oxygen atoms in total. The number of rotatable bonds is 9. The Hall–Kier alpha value is -2.18. The average molecular weight is 432 g/mol. The molecule has 0 bridgehead atoms. The van der Waals surface area contributed by atoms with Gasteiger partial charge in [0, 0.05) is 23.6 Å². The number of hydrogen-bond acceptors (Lipinski definition) is 4. The van der Waals surface area contributed by atoms with Crippen molar-refractivity contribution in [1.82, 2.24) is 14.7 Å². The summed E-state index contributed by atoms with van der Waals surface area (Å²) in [7, 11) is 0. The first-order valence-electron chi connectivity index (χ1n) is 10.6. The van der Waals surface area contributed by atoms with Gasteiger partial charge < -0.3 is 10.0 Å². The first-order valence-corrected chi connectivity index (χ1v) is 10.9. The molecular weight excluding hydrogens is 402 g/mol. The molecule has 1 aliphatic heterocycles. The van der Waals surface area contributed by atoms with Gasteiger partial charge in [-0.15, -0.1) is 0 Å². The Morgan fingerprint density at radius 3 is 2.63 bits per heavy atom. The Kier molecular flexibility index (Phi) is 6.98. The summed E-state index contributed by atoms with van der Waals surface area (Å²) in [6.07, 6.45) is 3.60. The average Bonchev–Trinajstić information content (AvgIpc) is 3.13. The van der Waals surface area contributed by atoms with E-state index in [0.717, 1.165) is 30.5 Å². The molecule has 2 heterocycles. The molecular formula is C23H30ClN3O3. The third kappa shape index (κ3) is 5.49. The highest BCUT2D eigenvalue weighted by Gasteiger charge is 2.33. The second-order valence-corrected chi connectivity index (χ2v) is 9.14. The molecule has 0 saturated heterocycles. The number of aromatic nitrogens is 2. The van der Waals surface area contributed by atoms with Gasteiger partial charge >= 0.3 is 0 Å². The first kappa shape index (κ1) is 22.5. The molecule has 1 N–H and O–H groups in total. The van der Waals surface area contributed by atoms with Gasteiger partial charge in [-0.25, -0.2) is 0 Å². The second-order valence-electron chi connectivity index (χ2n) is 8.70. The van der Waals surface area contributed by atoms with E-state index in [1.165, 1.54) is 0 Å². The second kappa shape index (κ2) is 9.31. The third-order valence-electron chi connectivity index (χ3n) is 5.43. The maximum Gasteiger partial charge on any atom is 0.272 e. The smallest absolute Gasteiger partial charge is 0.272 e. The van der Waals surface area contributed by atoms with Crippen molar-refractivity contribution in [3.8, 4) is 11.3 Å². The minimum atomic E-state index is -0.892. The lowest BCUT2D eigenvalue weighted by molar-refractivity contribution is -0.121. The molecule has 30 heavy (non-hydrogen) atoms. The lowest BCUT2D eigenvalue weighted by Crippen LogP contribution is -2.45. The van der Waals surface area contributed by atoms with Crippen LogP contribution in [0.3, 0.4) is 0 Å². The molecule has 1 atom stereocenters. The van der Waals surface area contributed by atoms with Gasteiger partial charge in [-0.2, -0.15) is 5.10 Å². The largest absolute Gasteiger partial charge is 0.390 e. The minimum Gasteiger partial charge on any atom is -0.390 e. The molecule has 1 aliphatic rings. The zero-order valence-electron chi connectivity index (χ0n) is 17.9. The van der Waals surface area contributed by atoms with Crippen LogP contribution in [0.4, 0.5) is 0 Å². The Labute approximate surface area is 182 Å². The highest BCUT2D eigenvalue weighted by atomic mass is 35.5. The van der Waals surface area contributed by atoms with Gasteiger partial charge in [0.25, 0.3) is 5.91 Å².